The lowest BCUT2D eigenvalue weighted by Gasteiger charge is -2.17. The topological polar surface area (TPSA) is 96.4 Å². The Labute approximate surface area is 127 Å². The summed E-state index contributed by atoms with van der Waals surface area (Å²) in [5, 5.41) is 18.4. The number of aryl methyl sites for hydroxylation is 1. The molecule has 1 aromatic carbocycles. The number of fused-ring (bicyclic) bond motifs is 1. The number of aromatic carboxylic acids is 1. The van der Waals surface area contributed by atoms with Crippen molar-refractivity contribution in [3.8, 4) is 23.3 Å². The maximum absolute atomic E-state index is 11.1. The van der Waals surface area contributed by atoms with Crippen LogP contribution in [0.25, 0.3) is 11.5 Å². The van der Waals surface area contributed by atoms with Gasteiger partial charge < -0.3 is 14.3 Å². The van der Waals surface area contributed by atoms with Gasteiger partial charge in [0.15, 0.2) is 0 Å². The van der Waals surface area contributed by atoms with Crippen LogP contribution in [0.15, 0.2) is 16.5 Å². The lowest BCUT2D eigenvalue weighted by atomic mass is 9.98. The minimum absolute atomic E-state index is 0.189. The Morgan fingerprint density at radius 1 is 1.45 bits per heavy atom. The van der Waals surface area contributed by atoms with Crippen LogP contribution in [0.4, 0.5) is 0 Å². The van der Waals surface area contributed by atoms with E-state index in [4.69, 9.17) is 14.3 Å². The van der Waals surface area contributed by atoms with Crippen molar-refractivity contribution in [1.29, 1.82) is 5.26 Å². The van der Waals surface area contributed by atoms with Crippen molar-refractivity contribution >= 4 is 5.97 Å². The zero-order valence-electron chi connectivity index (χ0n) is 12.4. The molecule has 1 aliphatic heterocycles. The number of nitriles is 1. The van der Waals surface area contributed by atoms with Crippen LogP contribution in [0, 0.1) is 18.3 Å². The van der Waals surface area contributed by atoms with Gasteiger partial charge in [0.2, 0.25) is 11.7 Å². The van der Waals surface area contributed by atoms with Crippen molar-refractivity contribution in [3.63, 3.8) is 0 Å². The van der Waals surface area contributed by atoms with Crippen LogP contribution in [0.2, 0.25) is 0 Å². The maximum atomic E-state index is 11.1. The molecule has 0 saturated carbocycles. The Morgan fingerprint density at radius 2 is 2.18 bits per heavy atom. The molecule has 0 saturated heterocycles. The molecule has 2 aromatic rings. The molecule has 0 radical (unpaired) electrons. The second-order valence-electron chi connectivity index (χ2n) is 5.90. The zero-order valence-corrected chi connectivity index (χ0v) is 12.4. The summed E-state index contributed by atoms with van der Waals surface area (Å²) in [5.41, 5.74) is 1.80. The van der Waals surface area contributed by atoms with Gasteiger partial charge in [0.05, 0.1) is 11.3 Å². The number of ether oxygens (including phenoxy) is 1. The van der Waals surface area contributed by atoms with Crippen molar-refractivity contribution in [2.45, 2.75) is 32.8 Å². The molecule has 1 aromatic heterocycles. The van der Waals surface area contributed by atoms with Gasteiger partial charge in [-0.15, -0.1) is 0 Å². The molecular weight excluding hydrogens is 284 g/mol. The maximum Gasteiger partial charge on any atom is 0.373 e. The van der Waals surface area contributed by atoms with Gasteiger partial charge >= 0.3 is 5.97 Å². The number of benzene rings is 1. The molecule has 22 heavy (non-hydrogen) atoms. The molecule has 1 aliphatic rings. The molecular formula is C16H14N2O4. The van der Waals surface area contributed by atoms with Crippen LogP contribution in [-0.2, 0) is 6.42 Å². The predicted molar refractivity (Wildman–Crippen MR) is 76.8 cm³/mol. The predicted octanol–water partition coefficient (Wildman–Crippen LogP) is 2.93. The highest BCUT2D eigenvalue weighted by molar-refractivity contribution is 5.86. The molecule has 6 heteroatoms. The monoisotopic (exact) mass is 298 g/mol. The highest BCUT2D eigenvalue weighted by Crippen LogP contribution is 2.40. The highest BCUT2D eigenvalue weighted by atomic mass is 16.5. The number of hydrogen-bond acceptors (Lipinski definition) is 5. The van der Waals surface area contributed by atoms with E-state index in [1.807, 2.05) is 19.9 Å². The Morgan fingerprint density at radius 3 is 2.77 bits per heavy atom. The smallest absolute Gasteiger partial charge is 0.373 e. The first-order chi connectivity index (χ1) is 10.3. The van der Waals surface area contributed by atoms with E-state index in [0.717, 1.165) is 5.56 Å². The van der Waals surface area contributed by atoms with Gasteiger partial charge in [-0.2, -0.15) is 5.26 Å². The highest BCUT2D eigenvalue weighted by Gasteiger charge is 2.33. The van der Waals surface area contributed by atoms with Gasteiger partial charge in [-0.25, -0.2) is 9.78 Å². The standard InChI is InChI=1S/C16H14N2O4/c1-8-12(15(19)20)21-14(18-8)9-4-10-6-16(2,3)22-13(10)11(5-9)7-17/h4-5H,6H2,1-3H3,(H,19,20). The number of carboxylic acid groups (broad SMARTS) is 1. The van der Waals surface area contributed by atoms with E-state index in [9.17, 15) is 10.1 Å². The van der Waals surface area contributed by atoms with E-state index < -0.39 is 5.97 Å². The molecule has 0 bridgehead atoms. The average molecular weight is 298 g/mol. The number of hydrogen-bond donors (Lipinski definition) is 1. The molecule has 0 unspecified atom stereocenters. The second-order valence-corrected chi connectivity index (χ2v) is 5.90. The normalized spacial score (nSPS) is 15.0. The summed E-state index contributed by atoms with van der Waals surface area (Å²) in [6.45, 7) is 5.47. The van der Waals surface area contributed by atoms with Crippen LogP contribution in [-0.4, -0.2) is 21.7 Å². The number of carbonyl (C=O) groups is 1. The fourth-order valence-electron chi connectivity index (χ4n) is 2.64. The molecule has 0 amide bonds. The fraction of sp³-hybridized carbons (Fsp3) is 0.312. The van der Waals surface area contributed by atoms with Crippen LogP contribution in [0.5, 0.6) is 5.75 Å². The van der Waals surface area contributed by atoms with Gasteiger partial charge in [0, 0.05) is 17.5 Å². The molecule has 112 valence electrons. The van der Waals surface area contributed by atoms with Gasteiger partial charge in [0.25, 0.3) is 0 Å². The van der Waals surface area contributed by atoms with Crippen molar-refractivity contribution in [1.82, 2.24) is 4.98 Å². The van der Waals surface area contributed by atoms with Crippen molar-refractivity contribution in [2.24, 2.45) is 0 Å². The Kier molecular flexibility index (Phi) is 2.96. The lowest BCUT2D eigenvalue weighted by molar-refractivity contribution is 0.0662. The van der Waals surface area contributed by atoms with Crippen LogP contribution in [0.1, 0.15) is 41.2 Å². The first-order valence-electron chi connectivity index (χ1n) is 6.78. The largest absolute Gasteiger partial charge is 0.486 e. The summed E-state index contributed by atoms with van der Waals surface area (Å²) in [6.07, 6.45) is 0.663. The van der Waals surface area contributed by atoms with E-state index in [0.29, 0.717) is 29.0 Å². The third-order valence-corrected chi connectivity index (χ3v) is 3.52. The summed E-state index contributed by atoms with van der Waals surface area (Å²) >= 11 is 0. The van der Waals surface area contributed by atoms with Gasteiger partial charge in [-0.1, -0.05) is 0 Å². The summed E-state index contributed by atoms with van der Waals surface area (Å²) in [5.74, 6) is -0.579. The average Bonchev–Trinajstić information content (AvgIpc) is 2.95. The van der Waals surface area contributed by atoms with Crippen LogP contribution in [0.3, 0.4) is 0 Å². The molecule has 6 nitrogen and oxygen atoms in total. The summed E-state index contributed by atoms with van der Waals surface area (Å²) in [6, 6.07) is 5.55. The van der Waals surface area contributed by atoms with Crippen molar-refractivity contribution < 1.29 is 19.1 Å². The lowest BCUT2D eigenvalue weighted by Crippen LogP contribution is -2.24. The zero-order chi connectivity index (χ0) is 16.1. The minimum Gasteiger partial charge on any atom is -0.486 e. The number of carboxylic acids is 1. The Hall–Kier alpha value is -2.81. The van der Waals surface area contributed by atoms with Crippen molar-refractivity contribution in [2.75, 3.05) is 0 Å². The third-order valence-electron chi connectivity index (χ3n) is 3.52. The van der Waals surface area contributed by atoms with Gasteiger partial charge in [-0.05, 0) is 32.9 Å². The quantitative estimate of drug-likeness (QED) is 0.915. The summed E-state index contributed by atoms with van der Waals surface area (Å²) in [7, 11) is 0. The Balaban J connectivity index is 2.13. The first kappa shape index (κ1) is 14.1. The van der Waals surface area contributed by atoms with E-state index in [1.165, 1.54) is 0 Å². The second kappa shape index (κ2) is 4.60. The molecule has 0 spiro atoms. The van der Waals surface area contributed by atoms with Crippen LogP contribution < -0.4 is 4.74 Å². The Bertz CT molecular complexity index is 827. The first-order valence-corrected chi connectivity index (χ1v) is 6.78. The van der Waals surface area contributed by atoms with E-state index in [1.54, 1.807) is 13.0 Å². The molecule has 3 rings (SSSR count). The SMILES string of the molecule is Cc1nc(-c2cc(C#N)c3c(c2)CC(C)(C)O3)oc1C(=O)O. The van der Waals surface area contributed by atoms with Crippen LogP contribution >= 0.6 is 0 Å². The molecule has 1 N–H and O–H groups in total. The molecule has 0 aliphatic carbocycles. The number of oxazole rings is 1. The fourth-order valence-corrected chi connectivity index (χ4v) is 2.64. The molecule has 2 heterocycles. The van der Waals surface area contributed by atoms with Gasteiger partial charge in [-0.3, -0.25) is 0 Å². The van der Waals surface area contributed by atoms with E-state index >= 15 is 0 Å². The van der Waals surface area contributed by atoms with E-state index in [-0.39, 0.29) is 17.3 Å². The minimum atomic E-state index is -1.16. The summed E-state index contributed by atoms with van der Waals surface area (Å²) in [4.78, 5) is 15.2. The number of aromatic nitrogens is 1. The van der Waals surface area contributed by atoms with Crippen molar-refractivity contribution in [3.05, 3.63) is 34.7 Å². The number of nitrogens with zero attached hydrogens (tertiary/aromatic N) is 2. The summed E-state index contributed by atoms with van der Waals surface area (Å²) < 4.78 is 11.1. The number of rotatable bonds is 2. The third kappa shape index (κ3) is 2.21. The molecule has 0 atom stereocenters. The van der Waals surface area contributed by atoms with Gasteiger partial charge in [0.1, 0.15) is 17.4 Å². The molecule has 0 fully saturated rings. The van der Waals surface area contributed by atoms with E-state index in [2.05, 4.69) is 11.1 Å².